The summed E-state index contributed by atoms with van der Waals surface area (Å²) < 4.78 is 1.87. The van der Waals surface area contributed by atoms with Crippen molar-refractivity contribution in [3.63, 3.8) is 0 Å². The van der Waals surface area contributed by atoms with Crippen molar-refractivity contribution in [1.29, 1.82) is 0 Å². The molecule has 0 radical (unpaired) electrons. The summed E-state index contributed by atoms with van der Waals surface area (Å²) in [5.41, 5.74) is 10.8. The number of nitrogens with zero attached hydrogens (tertiary/aromatic N) is 4. The van der Waals surface area contributed by atoms with Crippen LogP contribution in [0.1, 0.15) is 32.9 Å². The Bertz CT molecular complexity index is 1230. The fourth-order valence-corrected chi connectivity index (χ4v) is 3.61. The Kier molecular flexibility index (Phi) is 5.37. The predicted octanol–water partition coefficient (Wildman–Crippen LogP) is 3.66. The van der Waals surface area contributed by atoms with Crippen molar-refractivity contribution in [1.82, 2.24) is 24.8 Å². The number of nitrogens with two attached hydrogens (primary N) is 1. The maximum absolute atomic E-state index is 12.5. The van der Waals surface area contributed by atoms with Crippen LogP contribution in [0.25, 0.3) is 10.9 Å². The van der Waals surface area contributed by atoms with Gasteiger partial charge < -0.3 is 15.6 Å². The molecule has 0 unspecified atom stereocenters. The number of anilines is 1. The second kappa shape index (κ2) is 8.12. The third-order valence-corrected chi connectivity index (χ3v) is 5.15. The lowest BCUT2D eigenvalue weighted by Crippen LogP contribution is -2.24. The molecular weight excluding hydrogens is 400 g/mol. The van der Waals surface area contributed by atoms with Crippen LogP contribution >= 0.6 is 11.6 Å². The van der Waals surface area contributed by atoms with Gasteiger partial charge in [0.25, 0.3) is 5.91 Å². The molecule has 30 heavy (non-hydrogen) atoms. The maximum Gasteiger partial charge on any atom is 0.271 e. The molecule has 0 saturated heterocycles. The third kappa shape index (κ3) is 4.26. The van der Waals surface area contributed by atoms with Gasteiger partial charge in [0.2, 0.25) is 0 Å². The average molecular weight is 421 g/mol. The first-order chi connectivity index (χ1) is 14.4. The molecule has 0 aliphatic heterocycles. The number of carbonyl (C=O) groups is 1. The molecule has 3 heterocycles. The van der Waals surface area contributed by atoms with Gasteiger partial charge in [0.15, 0.2) is 0 Å². The quantitative estimate of drug-likeness (QED) is 0.513. The summed E-state index contributed by atoms with van der Waals surface area (Å²) in [6, 6.07) is 9.68. The topological polar surface area (TPSA) is 98.7 Å². The van der Waals surface area contributed by atoms with Crippen LogP contribution in [0.4, 0.5) is 5.82 Å². The molecule has 3 aromatic heterocycles. The van der Waals surface area contributed by atoms with Gasteiger partial charge in [0.1, 0.15) is 11.5 Å². The van der Waals surface area contributed by atoms with Crippen molar-refractivity contribution in [2.45, 2.75) is 26.9 Å². The SMILES string of the molecule is Cc1cc(N)nc(C)c1CNC(=O)c1cn(Cc2ccc3ncc(Cl)cc3c2)cn1. The van der Waals surface area contributed by atoms with Crippen LogP contribution in [0, 0.1) is 13.8 Å². The van der Waals surface area contributed by atoms with Crippen molar-refractivity contribution in [2.24, 2.45) is 0 Å². The van der Waals surface area contributed by atoms with Crippen LogP contribution in [-0.4, -0.2) is 25.4 Å². The molecule has 4 rings (SSSR count). The highest BCUT2D eigenvalue weighted by Crippen LogP contribution is 2.19. The van der Waals surface area contributed by atoms with Gasteiger partial charge in [-0.2, -0.15) is 0 Å². The van der Waals surface area contributed by atoms with Crippen molar-refractivity contribution in [2.75, 3.05) is 5.73 Å². The molecular formula is C22H21ClN6O. The Balaban J connectivity index is 1.44. The fourth-order valence-electron chi connectivity index (χ4n) is 3.44. The molecule has 1 amide bonds. The summed E-state index contributed by atoms with van der Waals surface area (Å²) in [7, 11) is 0. The Hall–Kier alpha value is -3.45. The number of pyridine rings is 2. The Morgan fingerprint density at radius 2 is 2.03 bits per heavy atom. The fraction of sp³-hybridized carbons (Fsp3) is 0.182. The standard InChI is InChI=1S/C22H21ClN6O/c1-13-5-21(24)28-14(2)18(13)9-26-22(30)20-11-29(12-27-20)10-15-3-4-19-16(6-15)7-17(23)8-25-19/h3-8,11-12H,9-10H2,1-2H3,(H2,24,28)(H,26,30). The molecule has 1 aromatic carbocycles. The van der Waals surface area contributed by atoms with E-state index in [9.17, 15) is 4.79 Å². The lowest BCUT2D eigenvalue weighted by Gasteiger charge is -2.10. The maximum atomic E-state index is 12.5. The Morgan fingerprint density at radius 1 is 1.20 bits per heavy atom. The minimum absolute atomic E-state index is 0.237. The number of imidazole rings is 1. The smallest absolute Gasteiger partial charge is 0.271 e. The van der Waals surface area contributed by atoms with E-state index >= 15 is 0 Å². The minimum atomic E-state index is -0.237. The molecule has 0 atom stereocenters. The number of amides is 1. The van der Waals surface area contributed by atoms with Gasteiger partial charge in [0, 0.05) is 36.6 Å². The number of halogens is 1. The van der Waals surface area contributed by atoms with E-state index < -0.39 is 0 Å². The normalized spacial score (nSPS) is 11.0. The molecule has 152 valence electrons. The monoisotopic (exact) mass is 420 g/mol. The number of nitrogen functional groups attached to an aromatic ring is 1. The number of aryl methyl sites for hydroxylation is 2. The van der Waals surface area contributed by atoms with Gasteiger partial charge in [-0.3, -0.25) is 9.78 Å². The van der Waals surface area contributed by atoms with Crippen LogP contribution < -0.4 is 11.1 Å². The van der Waals surface area contributed by atoms with E-state index in [-0.39, 0.29) is 5.91 Å². The molecule has 7 nitrogen and oxygen atoms in total. The number of nitrogens with one attached hydrogen (secondary N) is 1. The zero-order valence-corrected chi connectivity index (χ0v) is 17.4. The molecule has 8 heteroatoms. The first-order valence-electron chi connectivity index (χ1n) is 9.46. The van der Waals surface area contributed by atoms with Gasteiger partial charge in [-0.25, -0.2) is 9.97 Å². The molecule has 0 bridgehead atoms. The summed E-state index contributed by atoms with van der Waals surface area (Å²) in [5.74, 6) is 0.240. The van der Waals surface area contributed by atoms with Crippen molar-refractivity contribution < 1.29 is 4.79 Å². The van der Waals surface area contributed by atoms with E-state index in [0.29, 0.717) is 29.6 Å². The van der Waals surface area contributed by atoms with E-state index in [1.807, 2.05) is 42.7 Å². The number of rotatable bonds is 5. The van der Waals surface area contributed by atoms with Crippen LogP contribution in [-0.2, 0) is 13.1 Å². The number of fused-ring (bicyclic) bond motifs is 1. The second-order valence-electron chi connectivity index (χ2n) is 7.22. The number of aromatic nitrogens is 4. The third-order valence-electron chi connectivity index (χ3n) is 4.94. The van der Waals surface area contributed by atoms with Gasteiger partial charge in [-0.15, -0.1) is 0 Å². The molecule has 3 N–H and O–H groups in total. The highest BCUT2D eigenvalue weighted by Gasteiger charge is 2.12. The summed E-state index contributed by atoms with van der Waals surface area (Å²) in [4.78, 5) is 25.3. The molecule has 4 aromatic rings. The van der Waals surface area contributed by atoms with Gasteiger partial charge >= 0.3 is 0 Å². The lowest BCUT2D eigenvalue weighted by atomic mass is 10.1. The summed E-state index contributed by atoms with van der Waals surface area (Å²) in [6.45, 7) is 4.79. The van der Waals surface area contributed by atoms with Crippen molar-refractivity contribution in [3.05, 3.63) is 82.2 Å². The molecule has 0 aliphatic rings. The van der Waals surface area contributed by atoms with Crippen molar-refractivity contribution in [3.8, 4) is 0 Å². The van der Waals surface area contributed by atoms with Crippen LogP contribution in [0.2, 0.25) is 5.02 Å². The van der Waals surface area contributed by atoms with Gasteiger partial charge in [-0.1, -0.05) is 17.7 Å². The molecule has 0 fully saturated rings. The van der Waals surface area contributed by atoms with Crippen LogP contribution in [0.5, 0.6) is 0 Å². The van der Waals surface area contributed by atoms with E-state index in [4.69, 9.17) is 17.3 Å². The van der Waals surface area contributed by atoms with Crippen molar-refractivity contribution >= 4 is 34.2 Å². The highest BCUT2D eigenvalue weighted by atomic mass is 35.5. The number of benzene rings is 1. The minimum Gasteiger partial charge on any atom is -0.384 e. The Labute approximate surface area is 178 Å². The number of hydrogen-bond acceptors (Lipinski definition) is 5. The molecule has 0 saturated carbocycles. The van der Waals surface area contributed by atoms with E-state index in [2.05, 4.69) is 20.3 Å². The van der Waals surface area contributed by atoms with Gasteiger partial charge in [-0.05, 0) is 54.8 Å². The number of carbonyl (C=O) groups excluding carboxylic acids is 1. The van der Waals surface area contributed by atoms with E-state index in [1.165, 1.54) is 0 Å². The highest BCUT2D eigenvalue weighted by molar-refractivity contribution is 6.31. The first kappa shape index (κ1) is 19.8. The molecule has 0 spiro atoms. The summed E-state index contributed by atoms with van der Waals surface area (Å²) in [6.07, 6.45) is 5.01. The lowest BCUT2D eigenvalue weighted by molar-refractivity contribution is 0.0946. The van der Waals surface area contributed by atoms with Crippen LogP contribution in [0.3, 0.4) is 0 Å². The van der Waals surface area contributed by atoms with E-state index in [0.717, 1.165) is 33.3 Å². The average Bonchev–Trinajstić information content (AvgIpc) is 3.15. The zero-order chi connectivity index (χ0) is 21.3. The van der Waals surface area contributed by atoms with E-state index in [1.54, 1.807) is 24.8 Å². The summed E-state index contributed by atoms with van der Waals surface area (Å²) in [5, 5.41) is 4.48. The van der Waals surface area contributed by atoms with Crippen LogP contribution in [0.15, 0.2) is 49.1 Å². The first-order valence-corrected chi connectivity index (χ1v) is 9.83. The predicted molar refractivity (Wildman–Crippen MR) is 117 cm³/mol. The summed E-state index contributed by atoms with van der Waals surface area (Å²) >= 11 is 6.04. The Morgan fingerprint density at radius 3 is 2.83 bits per heavy atom. The zero-order valence-electron chi connectivity index (χ0n) is 16.7. The molecule has 0 aliphatic carbocycles. The van der Waals surface area contributed by atoms with Gasteiger partial charge in [0.05, 0.1) is 16.9 Å². The second-order valence-corrected chi connectivity index (χ2v) is 7.66. The largest absolute Gasteiger partial charge is 0.384 e. The number of hydrogen-bond donors (Lipinski definition) is 2.